The third-order valence-electron chi connectivity index (χ3n) is 3.86. The average molecular weight is 326 g/mol. The number of pyridine rings is 1. The summed E-state index contributed by atoms with van der Waals surface area (Å²) in [5.41, 5.74) is 2.72. The first-order valence-corrected chi connectivity index (χ1v) is 8.27. The molecule has 0 atom stereocenters. The molecule has 0 aliphatic rings. The maximum Gasteiger partial charge on any atom is 0.255 e. The normalized spacial score (nSPS) is 10.3. The zero-order chi connectivity index (χ0) is 17.5. The third kappa shape index (κ3) is 4.72. The number of hydrogen-bond acceptors (Lipinski definition) is 4. The Balaban J connectivity index is 2.00. The minimum atomic E-state index is 0.0119. The van der Waals surface area contributed by atoms with Crippen LogP contribution >= 0.6 is 0 Å². The molecule has 1 heterocycles. The lowest BCUT2D eigenvalue weighted by atomic mass is 10.2. The number of amides is 1. The zero-order valence-electron chi connectivity index (χ0n) is 14.9. The van der Waals surface area contributed by atoms with Crippen LogP contribution in [0.5, 0.6) is 0 Å². The van der Waals surface area contributed by atoms with Crippen LogP contribution in [-0.4, -0.2) is 43.5 Å². The van der Waals surface area contributed by atoms with E-state index in [4.69, 9.17) is 0 Å². The molecule has 24 heavy (non-hydrogen) atoms. The van der Waals surface area contributed by atoms with Gasteiger partial charge in [0.05, 0.1) is 5.56 Å². The van der Waals surface area contributed by atoms with E-state index < -0.39 is 0 Å². The fourth-order valence-electron chi connectivity index (χ4n) is 2.30. The van der Waals surface area contributed by atoms with Crippen molar-refractivity contribution in [3.8, 4) is 0 Å². The topological polar surface area (TPSA) is 48.5 Å². The van der Waals surface area contributed by atoms with Crippen LogP contribution < -0.4 is 10.2 Å². The summed E-state index contributed by atoms with van der Waals surface area (Å²) < 4.78 is 0. The highest BCUT2D eigenvalue weighted by atomic mass is 16.2. The predicted molar refractivity (Wildman–Crippen MR) is 100 cm³/mol. The van der Waals surface area contributed by atoms with Crippen molar-refractivity contribution in [2.75, 3.05) is 37.9 Å². The number of benzene rings is 1. The van der Waals surface area contributed by atoms with Crippen molar-refractivity contribution >= 4 is 23.1 Å². The molecule has 1 aromatic carbocycles. The van der Waals surface area contributed by atoms with E-state index in [2.05, 4.69) is 22.1 Å². The number of rotatable bonds is 7. The van der Waals surface area contributed by atoms with E-state index in [0.717, 1.165) is 36.6 Å². The SMILES string of the molecule is CCCCN(C)C(=O)c1ccc(Nc2ccc(N(C)C)cc2)nc1. The smallest absolute Gasteiger partial charge is 0.255 e. The van der Waals surface area contributed by atoms with Crippen molar-refractivity contribution in [1.82, 2.24) is 9.88 Å². The molecule has 5 nitrogen and oxygen atoms in total. The van der Waals surface area contributed by atoms with Gasteiger partial charge in [0, 0.05) is 45.3 Å². The minimum Gasteiger partial charge on any atom is -0.378 e. The molecule has 0 saturated carbocycles. The molecule has 2 rings (SSSR count). The maximum atomic E-state index is 12.3. The number of unbranched alkanes of at least 4 members (excludes halogenated alkanes) is 1. The van der Waals surface area contributed by atoms with Gasteiger partial charge in [0.2, 0.25) is 0 Å². The Morgan fingerprint density at radius 1 is 1.08 bits per heavy atom. The Morgan fingerprint density at radius 3 is 2.33 bits per heavy atom. The fourth-order valence-corrected chi connectivity index (χ4v) is 2.30. The molecule has 0 fully saturated rings. The van der Waals surface area contributed by atoms with Crippen LogP contribution in [0.15, 0.2) is 42.6 Å². The lowest BCUT2D eigenvalue weighted by molar-refractivity contribution is 0.0793. The van der Waals surface area contributed by atoms with Crippen LogP contribution in [0.25, 0.3) is 0 Å². The Bertz CT molecular complexity index is 650. The van der Waals surface area contributed by atoms with Gasteiger partial charge in [-0.25, -0.2) is 4.98 Å². The third-order valence-corrected chi connectivity index (χ3v) is 3.86. The molecule has 2 aromatic rings. The van der Waals surface area contributed by atoms with Crippen LogP contribution in [0.4, 0.5) is 17.2 Å². The van der Waals surface area contributed by atoms with Gasteiger partial charge in [-0.2, -0.15) is 0 Å². The second-order valence-corrected chi connectivity index (χ2v) is 6.08. The van der Waals surface area contributed by atoms with Gasteiger partial charge < -0.3 is 15.1 Å². The van der Waals surface area contributed by atoms with Crippen molar-refractivity contribution in [2.45, 2.75) is 19.8 Å². The van der Waals surface area contributed by atoms with Crippen LogP contribution in [0.2, 0.25) is 0 Å². The van der Waals surface area contributed by atoms with E-state index in [1.165, 1.54) is 0 Å². The average Bonchev–Trinajstić information content (AvgIpc) is 2.60. The highest BCUT2D eigenvalue weighted by Crippen LogP contribution is 2.19. The van der Waals surface area contributed by atoms with Crippen molar-refractivity contribution in [3.63, 3.8) is 0 Å². The second-order valence-electron chi connectivity index (χ2n) is 6.08. The molecule has 1 aromatic heterocycles. The van der Waals surface area contributed by atoms with Crippen LogP contribution in [0.3, 0.4) is 0 Å². The Kier molecular flexibility index (Phi) is 6.18. The molecule has 0 spiro atoms. The van der Waals surface area contributed by atoms with Gasteiger partial charge in [0.15, 0.2) is 0 Å². The first kappa shape index (κ1) is 17.8. The summed E-state index contributed by atoms with van der Waals surface area (Å²) in [7, 11) is 5.85. The quantitative estimate of drug-likeness (QED) is 0.841. The minimum absolute atomic E-state index is 0.0119. The Morgan fingerprint density at radius 2 is 1.79 bits per heavy atom. The first-order valence-electron chi connectivity index (χ1n) is 8.27. The highest BCUT2D eigenvalue weighted by Gasteiger charge is 2.11. The second kappa shape index (κ2) is 8.34. The van der Waals surface area contributed by atoms with Crippen molar-refractivity contribution in [3.05, 3.63) is 48.2 Å². The molecule has 5 heteroatoms. The van der Waals surface area contributed by atoms with E-state index in [-0.39, 0.29) is 5.91 Å². The molecular weight excluding hydrogens is 300 g/mol. The number of carbonyl (C=O) groups is 1. The molecule has 0 radical (unpaired) electrons. The van der Waals surface area contributed by atoms with Gasteiger partial charge in [-0.15, -0.1) is 0 Å². The molecular formula is C19H26N4O. The fraction of sp³-hybridized carbons (Fsp3) is 0.368. The van der Waals surface area contributed by atoms with Gasteiger partial charge in [0.25, 0.3) is 5.91 Å². The van der Waals surface area contributed by atoms with E-state index >= 15 is 0 Å². The van der Waals surface area contributed by atoms with Crippen LogP contribution in [0.1, 0.15) is 30.1 Å². The van der Waals surface area contributed by atoms with Gasteiger partial charge in [0.1, 0.15) is 5.82 Å². The number of nitrogens with one attached hydrogen (secondary N) is 1. The number of carbonyl (C=O) groups excluding carboxylic acids is 1. The number of hydrogen-bond donors (Lipinski definition) is 1. The maximum absolute atomic E-state index is 12.3. The van der Waals surface area contributed by atoms with E-state index in [1.807, 2.05) is 57.5 Å². The summed E-state index contributed by atoms with van der Waals surface area (Å²) in [6.45, 7) is 2.89. The van der Waals surface area contributed by atoms with Gasteiger partial charge in [-0.1, -0.05) is 13.3 Å². The van der Waals surface area contributed by atoms with E-state index in [1.54, 1.807) is 11.1 Å². The highest BCUT2D eigenvalue weighted by molar-refractivity contribution is 5.93. The molecule has 0 unspecified atom stereocenters. The predicted octanol–water partition coefficient (Wildman–Crippen LogP) is 3.76. The molecule has 0 aliphatic heterocycles. The lowest BCUT2D eigenvalue weighted by Crippen LogP contribution is -2.27. The largest absolute Gasteiger partial charge is 0.378 e. The van der Waals surface area contributed by atoms with E-state index in [0.29, 0.717) is 5.56 Å². The van der Waals surface area contributed by atoms with Crippen molar-refractivity contribution in [1.29, 1.82) is 0 Å². The molecule has 1 N–H and O–H groups in total. The van der Waals surface area contributed by atoms with Crippen LogP contribution in [0, 0.1) is 0 Å². The number of nitrogens with zero attached hydrogens (tertiary/aromatic N) is 3. The Hall–Kier alpha value is -2.56. The monoisotopic (exact) mass is 326 g/mol. The zero-order valence-corrected chi connectivity index (χ0v) is 14.9. The summed E-state index contributed by atoms with van der Waals surface area (Å²) in [5, 5.41) is 3.25. The summed E-state index contributed by atoms with van der Waals surface area (Å²) in [5.74, 6) is 0.734. The number of aromatic nitrogens is 1. The molecule has 1 amide bonds. The Labute approximate surface area is 144 Å². The standard InChI is InChI=1S/C19H26N4O/c1-5-6-13-23(4)19(24)15-7-12-18(20-14-15)21-16-8-10-17(11-9-16)22(2)3/h7-12,14H,5-6,13H2,1-4H3,(H,20,21). The molecule has 0 saturated heterocycles. The van der Waals surface area contributed by atoms with Gasteiger partial charge in [-0.3, -0.25) is 4.79 Å². The summed E-state index contributed by atoms with van der Waals surface area (Å²) in [6.07, 6.45) is 3.71. The molecule has 0 bridgehead atoms. The summed E-state index contributed by atoms with van der Waals surface area (Å²) in [6, 6.07) is 11.8. The van der Waals surface area contributed by atoms with Crippen LogP contribution in [-0.2, 0) is 0 Å². The molecule has 0 aliphatic carbocycles. The first-order chi connectivity index (χ1) is 11.5. The lowest BCUT2D eigenvalue weighted by Gasteiger charge is -2.16. The summed E-state index contributed by atoms with van der Waals surface area (Å²) >= 11 is 0. The van der Waals surface area contributed by atoms with Gasteiger partial charge >= 0.3 is 0 Å². The molecule has 128 valence electrons. The van der Waals surface area contributed by atoms with Gasteiger partial charge in [-0.05, 0) is 42.8 Å². The van der Waals surface area contributed by atoms with Crippen molar-refractivity contribution in [2.24, 2.45) is 0 Å². The van der Waals surface area contributed by atoms with Crippen molar-refractivity contribution < 1.29 is 4.79 Å². The van der Waals surface area contributed by atoms with E-state index in [9.17, 15) is 4.79 Å². The summed E-state index contributed by atoms with van der Waals surface area (Å²) in [4.78, 5) is 20.4. The number of anilines is 3.